The molecule has 0 heterocycles. The van der Waals surface area contributed by atoms with Crippen molar-refractivity contribution >= 4 is 27.0 Å². The van der Waals surface area contributed by atoms with Crippen molar-refractivity contribution in [3.63, 3.8) is 0 Å². The fourth-order valence-corrected chi connectivity index (χ4v) is 4.05. The number of hydrogen-bond acceptors (Lipinski definition) is 0. The molecule has 3 aromatic carbocycles. The Morgan fingerprint density at radius 2 is 1.26 bits per heavy atom. The van der Waals surface area contributed by atoms with Gasteiger partial charge < -0.3 is 24.8 Å². The molecule has 0 nitrogen and oxygen atoms in total. The van der Waals surface area contributed by atoms with E-state index in [1.165, 1.54) is 44.8 Å². The molecule has 3 aromatic rings. The zero-order valence-electron chi connectivity index (χ0n) is 22.2. The van der Waals surface area contributed by atoms with Gasteiger partial charge in [0, 0.05) is 0 Å². The number of allylic oxidation sites excluding steroid dienone is 4. The van der Waals surface area contributed by atoms with E-state index in [0.717, 1.165) is 6.42 Å². The molecule has 0 aromatic heterocycles. The fraction of sp³-hybridized carbons (Fsp3) is 0.433. The third kappa shape index (κ3) is 9.85. The molecule has 0 N–H and O–H groups in total. The maximum absolute atomic E-state index is 2.99. The summed E-state index contributed by atoms with van der Waals surface area (Å²) in [5, 5.41) is 5.48. The van der Waals surface area contributed by atoms with Gasteiger partial charge in [-0.3, -0.25) is 6.08 Å². The van der Waals surface area contributed by atoms with Crippen LogP contribution >= 0.6 is 0 Å². The summed E-state index contributed by atoms with van der Waals surface area (Å²) >= 11 is 1.80. The SMILES string of the molecule is CC(C)(C)c1ccc2c(c1)[cH-]c1cc(C(C)(C)C)ccc12.CC[Si](=[Zr+2])CC.[C-]1=CC=CC1.[Cl-].[Cl-]. The summed E-state index contributed by atoms with van der Waals surface area (Å²) in [4.78, 5) is 0. The summed E-state index contributed by atoms with van der Waals surface area (Å²) in [7, 11) is 0. The first-order chi connectivity index (χ1) is 15.0. The number of hydrogen-bond donors (Lipinski definition) is 0. The van der Waals surface area contributed by atoms with Gasteiger partial charge in [-0.1, -0.05) is 76.9 Å². The molecule has 0 unspecified atom stereocenters. The van der Waals surface area contributed by atoms with Crippen molar-refractivity contribution in [2.75, 3.05) is 0 Å². The average molecular weight is 591 g/mol. The van der Waals surface area contributed by atoms with E-state index in [2.05, 4.69) is 110 Å². The van der Waals surface area contributed by atoms with Crippen LogP contribution < -0.4 is 24.8 Å². The van der Waals surface area contributed by atoms with E-state index in [1.54, 1.807) is 23.3 Å². The Morgan fingerprint density at radius 3 is 1.50 bits per heavy atom. The Morgan fingerprint density at radius 1 is 0.824 bits per heavy atom. The minimum Gasteiger partial charge on any atom is -1.00 e. The van der Waals surface area contributed by atoms with E-state index in [4.69, 9.17) is 0 Å². The molecule has 184 valence electrons. The third-order valence-corrected chi connectivity index (χ3v) is 12.8. The Hall–Kier alpha value is -0.530. The Balaban J connectivity index is 0.000000700. The molecule has 0 aliphatic heterocycles. The summed E-state index contributed by atoms with van der Waals surface area (Å²) in [6.07, 6.45) is 10.0. The van der Waals surface area contributed by atoms with Gasteiger partial charge in [0.2, 0.25) is 0 Å². The molecular formula is C30H40Cl2SiZr-2. The molecule has 4 heteroatoms. The van der Waals surface area contributed by atoms with Crippen LogP contribution in [0.3, 0.4) is 0 Å². The second-order valence-corrected chi connectivity index (χ2v) is 18.4. The predicted molar refractivity (Wildman–Crippen MR) is 143 cm³/mol. The predicted octanol–water partition coefficient (Wildman–Crippen LogP) is 3.19. The number of rotatable bonds is 2. The van der Waals surface area contributed by atoms with Gasteiger partial charge in [-0.15, -0.1) is 46.2 Å². The van der Waals surface area contributed by atoms with E-state index in [9.17, 15) is 0 Å². The summed E-state index contributed by atoms with van der Waals surface area (Å²) in [5.41, 5.74) is 3.43. The fourth-order valence-electron chi connectivity index (χ4n) is 3.55. The third-order valence-electron chi connectivity index (χ3n) is 5.88. The molecule has 4 rings (SSSR count). The van der Waals surface area contributed by atoms with Crippen LogP contribution in [0.15, 0.2) is 60.7 Å². The topological polar surface area (TPSA) is 0 Å². The van der Waals surface area contributed by atoms with Crippen molar-refractivity contribution in [1.29, 1.82) is 0 Å². The van der Waals surface area contributed by atoms with E-state index in [0.29, 0.717) is 0 Å². The maximum Gasteiger partial charge on any atom is -0.109 e. The molecule has 0 radical (unpaired) electrons. The second kappa shape index (κ2) is 14.9. The van der Waals surface area contributed by atoms with Gasteiger partial charge >= 0.3 is 54.7 Å². The summed E-state index contributed by atoms with van der Waals surface area (Å²) in [5.74, 6) is 0. The molecule has 0 fully saturated rings. The second-order valence-electron chi connectivity index (χ2n) is 10.6. The van der Waals surface area contributed by atoms with Crippen LogP contribution in [-0.4, -0.2) is 5.43 Å². The van der Waals surface area contributed by atoms with Crippen molar-refractivity contribution in [3.8, 4) is 0 Å². The van der Waals surface area contributed by atoms with Gasteiger partial charge in [0.25, 0.3) is 0 Å². The van der Waals surface area contributed by atoms with Crippen LogP contribution in [0.2, 0.25) is 12.1 Å². The monoisotopic (exact) mass is 588 g/mol. The van der Waals surface area contributed by atoms with Gasteiger partial charge in [0.1, 0.15) is 0 Å². The summed E-state index contributed by atoms with van der Waals surface area (Å²) in [6, 6.07) is 19.1. The van der Waals surface area contributed by atoms with Crippen LogP contribution in [0.1, 0.15) is 72.9 Å². The van der Waals surface area contributed by atoms with Crippen molar-refractivity contribution in [2.24, 2.45) is 0 Å². The van der Waals surface area contributed by atoms with E-state index < -0.39 is 0 Å². The van der Waals surface area contributed by atoms with Crippen LogP contribution in [0.4, 0.5) is 0 Å². The minimum absolute atomic E-state index is 0. The molecule has 1 aliphatic rings. The normalized spacial score (nSPS) is 12.3. The molecule has 0 bridgehead atoms. The van der Waals surface area contributed by atoms with E-state index >= 15 is 0 Å². The van der Waals surface area contributed by atoms with Crippen molar-refractivity contribution < 1.29 is 48.1 Å². The van der Waals surface area contributed by atoms with E-state index in [1.807, 2.05) is 12.2 Å². The summed E-state index contributed by atoms with van der Waals surface area (Å²) < 4.78 is 0. The van der Waals surface area contributed by atoms with Crippen LogP contribution in [-0.2, 0) is 34.2 Å². The van der Waals surface area contributed by atoms with E-state index in [-0.39, 0.29) is 41.1 Å². The Kier molecular flexibility index (Phi) is 14.7. The zero-order valence-corrected chi connectivity index (χ0v) is 27.1. The van der Waals surface area contributed by atoms with Gasteiger partial charge in [-0.2, -0.15) is 6.08 Å². The van der Waals surface area contributed by atoms with Crippen molar-refractivity contribution in [2.45, 2.75) is 84.7 Å². The molecule has 1 aliphatic carbocycles. The molecule has 34 heavy (non-hydrogen) atoms. The smallest absolute Gasteiger partial charge is 0.109 e. The largest absolute Gasteiger partial charge is 1.00 e. The molecule has 0 saturated carbocycles. The molecule has 0 saturated heterocycles. The van der Waals surface area contributed by atoms with Crippen LogP contribution in [0.25, 0.3) is 21.5 Å². The first-order valence-electron chi connectivity index (χ1n) is 11.9. The molecule has 0 amide bonds. The maximum atomic E-state index is 2.99. The Bertz CT molecular complexity index is 1020. The number of halogens is 2. The number of fused-ring (bicyclic) bond motifs is 3. The quantitative estimate of drug-likeness (QED) is 0.318. The minimum atomic E-state index is 0. The van der Waals surface area contributed by atoms with Gasteiger partial charge in [0.15, 0.2) is 0 Å². The summed E-state index contributed by atoms with van der Waals surface area (Å²) in [6.45, 7) is 18.2. The number of benzene rings is 2. The standard InChI is InChI=1S/C21H25.C5H5.C4H10Si.2ClH.Zr/c1-20(2,3)16-7-9-18-14(12-16)11-15-13-17(21(4,5)6)8-10-19(15)18;1-2-4-5-3-1;1-3-5-4-2;;;/h7-13H,1-6H3;1-3H,4H2;3-4H2,1-2H3;2*1H;/q2*-1;;;;+2/p-2. The molecule has 0 spiro atoms. The molecular weight excluding hydrogens is 551 g/mol. The zero-order chi connectivity index (χ0) is 23.9. The Labute approximate surface area is 236 Å². The first kappa shape index (κ1) is 33.5. The van der Waals surface area contributed by atoms with Crippen molar-refractivity contribution in [3.05, 3.63) is 77.9 Å². The van der Waals surface area contributed by atoms with Gasteiger partial charge in [-0.25, -0.2) is 12.2 Å². The molecule has 0 atom stereocenters. The van der Waals surface area contributed by atoms with Crippen LogP contribution in [0, 0.1) is 6.08 Å². The average Bonchev–Trinajstić information content (AvgIpc) is 3.42. The van der Waals surface area contributed by atoms with Crippen LogP contribution in [0.5, 0.6) is 0 Å². The van der Waals surface area contributed by atoms with Gasteiger partial charge in [0.05, 0.1) is 0 Å². The first-order valence-corrected chi connectivity index (χ1v) is 17.5. The van der Waals surface area contributed by atoms with Crippen molar-refractivity contribution in [1.82, 2.24) is 0 Å². The van der Waals surface area contributed by atoms with Gasteiger partial charge in [-0.05, 0) is 10.8 Å².